The molecule has 0 amide bonds. The molecule has 0 spiro atoms. The van der Waals surface area contributed by atoms with Crippen LogP contribution in [0.3, 0.4) is 0 Å². The zero-order valence-electron chi connectivity index (χ0n) is 10.5. The number of piperazine rings is 1. The number of methoxy groups -OCH3 is 2. The van der Waals surface area contributed by atoms with Crippen LogP contribution in [0, 0.1) is 0 Å². The molecule has 94 valence electrons. The molecule has 0 aliphatic carbocycles. The van der Waals surface area contributed by atoms with Gasteiger partial charge in [0, 0.05) is 25.7 Å². The second-order valence-electron chi connectivity index (χ2n) is 4.25. The summed E-state index contributed by atoms with van der Waals surface area (Å²) in [5.74, 6) is 1.58. The monoisotopic (exact) mass is 236 g/mol. The van der Waals surface area contributed by atoms with Gasteiger partial charge in [0.15, 0.2) is 11.5 Å². The van der Waals surface area contributed by atoms with Crippen LogP contribution in [0.4, 0.5) is 0 Å². The molecule has 4 nitrogen and oxygen atoms in total. The number of benzene rings is 1. The van der Waals surface area contributed by atoms with Crippen molar-refractivity contribution in [1.29, 1.82) is 0 Å². The van der Waals surface area contributed by atoms with Crippen molar-refractivity contribution >= 4 is 0 Å². The third kappa shape index (κ3) is 3.11. The molecule has 1 heterocycles. The molecule has 1 aliphatic rings. The number of nitrogens with one attached hydrogen (secondary N) is 2. The molecule has 2 rings (SSSR count). The minimum absolute atomic E-state index is 0.502. The van der Waals surface area contributed by atoms with E-state index >= 15 is 0 Å². The average molecular weight is 236 g/mol. The van der Waals surface area contributed by atoms with Crippen molar-refractivity contribution in [3.8, 4) is 11.5 Å². The second kappa shape index (κ2) is 5.89. The van der Waals surface area contributed by atoms with E-state index in [0.717, 1.165) is 37.6 Å². The lowest BCUT2D eigenvalue weighted by molar-refractivity contribution is 0.354. The van der Waals surface area contributed by atoms with Crippen molar-refractivity contribution in [3.63, 3.8) is 0 Å². The standard InChI is InChI=1S/C13H20N2O2/c1-16-12-4-3-10(8-13(12)17-2)7-11-9-14-5-6-15-11/h3-4,8,11,14-15H,5-7,9H2,1-2H3/t11-/m0/s1. The summed E-state index contributed by atoms with van der Waals surface area (Å²) in [6.07, 6.45) is 1.01. The van der Waals surface area contributed by atoms with Gasteiger partial charge in [-0.25, -0.2) is 0 Å². The first-order valence-electron chi connectivity index (χ1n) is 5.98. The van der Waals surface area contributed by atoms with E-state index in [1.807, 2.05) is 6.07 Å². The fourth-order valence-electron chi connectivity index (χ4n) is 2.15. The van der Waals surface area contributed by atoms with Crippen molar-refractivity contribution in [2.24, 2.45) is 0 Å². The maximum atomic E-state index is 5.31. The highest BCUT2D eigenvalue weighted by Crippen LogP contribution is 2.27. The Labute approximate surface area is 102 Å². The van der Waals surface area contributed by atoms with Gasteiger partial charge in [-0.2, -0.15) is 0 Å². The summed E-state index contributed by atoms with van der Waals surface area (Å²) in [6.45, 7) is 3.12. The van der Waals surface area contributed by atoms with Crippen LogP contribution in [0.1, 0.15) is 5.56 Å². The lowest BCUT2D eigenvalue weighted by atomic mass is 10.0. The zero-order valence-corrected chi connectivity index (χ0v) is 10.5. The Morgan fingerprint density at radius 1 is 1.18 bits per heavy atom. The van der Waals surface area contributed by atoms with Gasteiger partial charge < -0.3 is 20.1 Å². The summed E-state index contributed by atoms with van der Waals surface area (Å²) in [4.78, 5) is 0. The number of hydrogen-bond donors (Lipinski definition) is 2. The van der Waals surface area contributed by atoms with Gasteiger partial charge in [-0.05, 0) is 24.1 Å². The van der Waals surface area contributed by atoms with Crippen LogP contribution in [0.15, 0.2) is 18.2 Å². The van der Waals surface area contributed by atoms with Crippen LogP contribution in [0.2, 0.25) is 0 Å². The van der Waals surface area contributed by atoms with Crippen LogP contribution in [-0.4, -0.2) is 39.9 Å². The predicted octanol–water partition coefficient (Wildman–Crippen LogP) is 0.808. The van der Waals surface area contributed by atoms with Crippen LogP contribution in [0.5, 0.6) is 11.5 Å². The van der Waals surface area contributed by atoms with E-state index in [0.29, 0.717) is 6.04 Å². The van der Waals surface area contributed by atoms with Gasteiger partial charge in [-0.1, -0.05) is 6.07 Å². The van der Waals surface area contributed by atoms with E-state index in [1.54, 1.807) is 14.2 Å². The van der Waals surface area contributed by atoms with Crippen molar-refractivity contribution < 1.29 is 9.47 Å². The smallest absolute Gasteiger partial charge is 0.160 e. The van der Waals surface area contributed by atoms with Gasteiger partial charge in [-0.3, -0.25) is 0 Å². The molecule has 1 aromatic carbocycles. The molecule has 1 fully saturated rings. The van der Waals surface area contributed by atoms with E-state index in [9.17, 15) is 0 Å². The summed E-state index contributed by atoms with van der Waals surface area (Å²) in [5, 5.41) is 6.89. The Morgan fingerprint density at radius 2 is 2.00 bits per heavy atom. The zero-order chi connectivity index (χ0) is 12.1. The molecular formula is C13H20N2O2. The molecule has 0 bridgehead atoms. The lowest BCUT2D eigenvalue weighted by Gasteiger charge is -2.24. The van der Waals surface area contributed by atoms with Crippen LogP contribution in [-0.2, 0) is 6.42 Å². The van der Waals surface area contributed by atoms with Crippen molar-refractivity contribution in [3.05, 3.63) is 23.8 Å². The molecule has 0 aromatic heterocycles. The molecule has 17 heavy (non-hydrogen) atoms. The Balaban J connectivity index is 2.05. The predicted molar refractivity (Wildman–Crippen MR) is 67.9 cm³/mol. The highest BCUT2D eigenvalue weighted by Gasteiger charge is 2.13. The molecule has 1 aromatic rings. The summed E-state index contributed by atoms with van der Waals surface area (Å²) in [7, 11) is 3.33. The Hall–Kier alpha value is -1.26. The highest BCUT2D eigenvalue weighted by atomic mass is 16.5. The van der Waals surface area contributed by atoms with Gasteiger partial charge in [0.1, 0.15) is 0 Å². The Bertz CT molecular complexity index is 362. The minimum atomic E-state index is 0.502. The van der Waals surface area contributed by atoms with Crippen molar-refractivity contribution in [1.82, 2.24) is 10.6 Å². The van der Waals surface area contributed by atoms with E-state index in [2.05, 4.69) is 22.8 Å². The number of rotatable bonds is 4. The van der Waals surface area contributed by atoms with E-state index in [-0.39, 0.29) is 0 Å². The molecule has 0 radical (unpaired) electrons. The van der Waals surface area contributed by atoms with Gasteiger partial charge in [-0.15, -0.1) is 0 Å². The van der Waals surface area contributed by atoms with E-state index in [1.165, 1.54) is 5.56 Å². The molecule has 1 aliphatic heterocycles. The topological polar surface area (TPSA) is 42.5 Å². The second-order valence-corrected chi connectivity index (χ2v) is 4.25. The first-order chi connectivity index (χ1) is 8.33. The fraction of sp³-hybridized carbons (Fsp3) is 0.538. The SMILES string of the molecule is COc1ccc(C[C@H]2CNCCN2)cc1OC. The maximum Gasteiger partial charge on any atom is 0.160 e. The molecule has 4 heteroatoms. The maximum absolute atomic E-state index is 5.31. The molecule has 2 N–H and O–H groups in total. The van der Waals surface area contributed by atoms with Crippen LogP contribution >= 0.6 is 0 Å². The third-order valence-electron chi connectivity index (χ3n) is 3.06. The summed E-state index contributed by atoms with van der Waals surface area (Å²) in [5.41, 5.74) is 1.27. The molecule has 1 saturated heterocycles. The Kier molecular flexibility index (Phi) is 4.23. The summed E-state index contributed by atoms with van der Waals surface area (Å²) < 4.78 is 10.5. The molecular weight excluding hydrogens is 216 g/mol. The fourth-order valence-corrected chi connectivity index (χ4v) is 2.15. The summed E-state index contributed by atoms with van der Waals surface area (Å²) in [6, 6.07) is 6.61. The molecule has 1 atom stereocenters. The van der Waals surface area contributed by atoms with E-state index in [4.69, 9.17) is 9.47 Å². The highest BCUT2D eigenvalue weighted by molar-refractivity contribution is 5.43. The number of ether oxygens (including phenoxy) is 2. The first kappa shape index (κ1) is 12.2. The number of hydrogen-bond acceptors (Lipinski definition) is 4. The quantitative estimate of drug-likeness (QED) is 0.812. The Morgan fingerprint density at radius 3 is 2.65 bits per heavy atom. The van der Waals surface area contributed by atoms with Crippen LogP contribution < -0.4 is 20.1 Å². The molecule has 0 unspecified atom stereocenters. The van der Waals surface area contributed by atoms with Gasteiger partial charge in [0.05, 0.1) is 14.2 Å². The van der Waals surface area contributed by atoms with Gasteiger partial charge in [0.25, 0.3) is 0 Å². The largest absolute Gasteiger partial charge is 0.493 e. The van der Waals surface area contributed by atoms with Gasteiger partial charge >= 0.3 is 0 Å². The van der Waals surface area contributed by atoms with Crippen molar-refractivity contribution in [2.45, 2.75) is 12.5 Å². The van der Waals surface area contributed by atoms with Crippen LogP contribution in [0.25, 0.3) is 0 Å². The van der Waals surface area contributed by atoms with Crippen molar-refractivity contribution in [2.75, 3.05) is 33.9 Å². The first-order valence-corrected chi connectivity index (χ1v) is 5.98. The van der Waals surface area contributed by atoms with Gasteiger partial charge in [0.2, 0.25) is 0 Å². The third-order valence-corrected chi connectivity index (χ3v) is 3.06. The lowest BCUT2D eigenvalue weighted by Crippen LogP contribution is -2.49. The normalized spacial score (nSPS) is 20.0. The summed E-state index contributed by atoms with van der Waals surface area (Å²) >= 11 is 0. The average Bonchev–Trinajstić information content (AvgIpc) is 2.40. The van der Waals surface area contributed by atoms with E-state index < -0.39 is 0 Å². The molecule has 0 saturated carbocycles. The minimum Gasteiger partial charge on any atom is -0.493 e.